The lowest BCUT2D eigenvalue weighted by Gasteiger charge is -2.11. The number of benzene rings is 1. The summed E-state index contributed by atoms with van der Waals surface area (Å²) in [6, 6.07) is 5.64. The maximum Gasteiger partial charge on any atom is 0.416 e. The highest BCUT2D eigenvalue weighted by atomic mass is 35.5. The molecular formula is C16H20ClF3N2O. The molecule has 2 fully saturated rings. The van der Waals surface area contributed by atoms with Gasteiger partial charge in [0.1, 0.15) is 0 Å². The van der Waals surface area contributed by atoms with Crippen molar-refractivity contribution in [1.29, 1.82) is 0 Å². The minimum atomic E-state index is -4.34. The Balaban J connectivity index is 0.00000192. The summed E-state index contributed by atoms with van der Waals surface area (Å²) in [5.74, 6) is -0.320. The van der Waals surface area contributed by atoms with Crippen LogP contribution in [0.2, 0.25) is 0 Å². The van der Waals surface area contributed by atoms with Crippen LogP contribution in [0.5, 0.6) is 0 Å². The molecule has 23 heavy (non-hydrogen) atoms. The summed E-state index contributed by atoms with van der Waals surface area (Å²) in [4.78, 5) is 12.1. The minimum absolute atomic E-state index is 0. The van der Waals surface area contributed by atoms with E-state index < -0.39 is 11.7 Å². The topological polar surface area (TPSA) is 41.1 Å². The number of rotatable bonds is 4. The third kappa shape index (κ3) is 4.38. The Labute approximate surface area is 139 Å². The summed E-state index contributed by atoms with van der Waals surface area (Å²) < 4.78 is 38.1. The number of amides is 1. The Kier molecular flexibility index (Phi) is 5.57. The largest absolute Gasteiger partial charge is 0.416 e. The maximum absolute atomic E-state index is 12.7. The minimum Gasteiger partial charge on any atom is -0.354 e. The predicted octanol–water partition coefficient (Wildman–Crippen LogP) is 3.10. The van der Waals surface area contributed by atoms with E-state index in [-0.39, 0.29) is 30.2 Å². The van der Waals surface area contributed by atoms with Crippen LogP contribution in [0.15, 0.2) is 24.3 Å². The molecule has 1 aliphatic carbocycles. The number of alkyl halides is 3. The number of nitrogens with one attached hydrogen (secondary N) is 2. The number of carbonyl (C=O) groups is 1. The van der Waals surface area contributed by atoms with Crippen LogP contribution < -0.4 is 10.6 Å². The molecule has 1 amide bonds. The van der Waals surface area contributed by atoms with E-state index in [0.29, 0.717) is 24.6 Å². The van der Waals surface area contributed by atoms with Crippen LogP contribution in [0.1, 0.15) is 36.3 Å². The van der Waals surface area contributed by atoms with Gasteiger partial charge in [0.2, 0.25) is 5.91 Å². The normalized spacial score (nSPS) is 26.5. The smallest absolute Gasteiger partial charge is 0.354 e. The molecule has 0 radical (unpaired) electrons. The third-order valence-electron chi connectivity index (χ3n) is 4.45. The van der Waals surface area contributed by atoms with Crippen LogP contribution in [-0.2, 0) is 11.0 Å². The van der Waals surface area contributed by atoms with Crippen molar-refractivity contribution >= 4 is 18.3 Å². The van der Waals surface area contributed by atoms with Crippen LogP contribution in [0, 0.1) is 5.92 Å². The van der Waals surface area contributed by atoms with Gasteiger partial charge in [0.05, 0.1) is 5.56 Å². The van der Waals surface area contributed by atoms with Gasteiger partial charge in [0.25, 0.3) is 0 Å². The van der Waals surface area contributed by atoms with Gasteiger partial charge in [-0.05, 0) is 43.4 Å². The molecule has 3 rings (SSSR count). The molecule has 1 saturated carbocycles. The van der Waals surface area contributed by atoms with Gasteiger partial charge in [-0.1, -0.05) is 18.2 Å². The van der Waals surface area contributed by atoms with Crippen molar-refractivity contribution in [2.45, 2.75) is 37.4 Å². The van der Waals surface area contributed by atoms with Crippen molar-refractivity contribution in [2.75, 3.05) is 13.1 Å². The van der Waals surface area contributed by atoms with Crippen LogP contribution in [-0.4, -0.2) is 25.0 Å². The fourth-order valence-corrected chi connectivity index (χ4v) is 3.08. The quantitative estimate of drug-likeness (QED) is 0.878. The first-order valence-electron chi connectivity index (χ1n) is 7.63. The van der Waals surface area contributed by atoms with Crippen molar-refractivity contribution in [2.24, 2.45) is 5.92 Å². The lowest BCUT2D eigenvalue weighted by Crippen LogP contribution is -2.38. The second-order valence-corrected chi connectivity index (χ2v) is 6.11. The Morgan fingerprint density at radius 3 is 2.78 bits per heavy atom. The van der Waals surface area contributed by atoms with Crippen molar-refractivity contribution in [3.63, 3.8) is 0 Å². The molecule has 3 nitrogen and oxygen atoms in total. The van der Waals surface area contributed by atoms with Gasteiger partial charge in [-0.25, -0.2) is 0 Å². The molecule has 1 aromatic carbocycles. The average Bonchev–Trinajstić information content (AvgIpc) is 3.12. The lowest BCUT2D eigenvalue weighted by molar-refractivity contribution is -0.137. The summed E-state index contributed by atoms with van der Waals surface area (Å²) in [5, 5.41) is 6.21. The van der Waals surface area contributed by atoms with E-state index >= 15 is 0 Å². The van der Waals surface area contributed by atoms with E-state index in [1.165, 1.54) is 6.07 Å². The van der Waals surface area contributed by atoms with Gasteiger partial charge < -0.3 is 10.6 Å². The standard InChI is InChI=1S/C16H19F3N2O.ClH/c17-16(18,19)11-4-1-3-10(7-11)13-8-14(13)15(22)21-9-12-5-2-6-20-12;/h1,3-4,7,12-14,20H,2,5-6,8-9H2,(H,21,22);1H. The van der Waals surface area contributed by atoms with Gasteiger partial charge in [-0.15, -0.1) is 12.4 Å². The summed E-state index contributed by atoms with van der Waals surface area (Å²) in [7, 11) is 0. The first-order chi connectivity index (χ1) is 10.4. The van der Waals surface area contributed by atoms with E-state index in [1.54, 1.807) is 6.07 Å². The highest BCUT2D eigenvalue weighted by Gasteiger charge is 2.44. The Bertz CT molecular complexity index is 559. The Hall–Kier alpha value is -1.27. The van der Waals surface area contributed by atoms with Crippen molar-refractivity contribution in [3.05, 3.63) is 35.4 Å². The van der Waals surface area contributed by atoms with E-state index in [4.69, 9.17) is 0 Å². The van der Waals surface area contributed by atoms with Gasteiger partial charge >= 0.3 is 6.18 Å². The SMILES string of the molecule is Cl.O=C(NCC1CCCN1)C1CC1c1cccc(C(F)(F)F)c1. The summed E-state index contributed by atoms with van der Waals surface area (Å²) in [5.41, 5.74) is -0.0415. The Morgan fingerprint density at radius 1 is 1.35 bits per heavy atom. The molecule has 0 spiro atoms. The zero-order chi connectivity index (χ0) is 15.7. The van der Waals surface area contributed by atoms with E-state index in [0.717, 1.165) is 31.5 Å². The average molecular weight is 349 g/mol. The molecular weight excluding hydrogens is 329 g/mol. The highest BCUT2D eigenvalue weighted by Crippen LogP contribution is 2.48. The van der Waals surface area contributed by atoms with E-state index in [1.807, 2.05) is 0 Å². The monoisotopic (exact) mass is 348 g/mol. The van der Waals surface area contributed by atoms with Crippen LogP contribution in [0.4, 0.5) is 13.2 Å². The molecule has 1 heterocycles. The fraction of sp³-hybridized carbons (Fsp3) is 0.562. The second kappa shape index (κ2) is 7.09. The van der Waals surface area contributed by atoms with Crippen LogP contribution in [0.25, 0.3) is 0 Å². The molecule has 3 unspecified atom stereocenters. The summed E-state index contributed by atoms with van der Waals surface area (Å²) >= 11 is 0. The molecule has 128 valence electrons. The maximum atomic E-state index is 12.7. The predicted molar refractivity (Wildman–Crippen MR) is 83.6 cm³/mol. The Morgan fingerprint density at radius 2 is 2.13 bits per heavy atom. The first kappa shape index (κ1) is 18.1. The van der Waals surface area contributed by atoms with Gasteiger partial charge in [0, 0.05) is 18.5 Å². The van der Waals surface area contributed by atoms with Crippen LogP contribution >= 0.6 is 12.4 Å². The number of hydrogen-bond acceptors (Lipinski definition) is 2. The summed E-state index contributed by atoms with van der Waals surface area (Å²) in [6.45, 7) is 1.58. The third-order valence-corrected chi connectivity index (χ3v) is 4.45. The number of carbonyl (C=O) groups excluding carboxylic acids is 1. The molecule has 0 bridgehead atoms. The molecule has 1 aromatic rings. The molecule has 3 atom stereocenters. The molecule has 0 aromatic heterocycles. The lowest BCUT2D eigenvalue weighted by atomic mass is 10.1. The van der Waals surface area contributed by atoms with E-state index in [9.17, 15) is 18.0 Å². The summed E-state index contributed by atoms with van der Waals surface area (Å²) in [6.07, 6.45) is -1.53. The second-order valence-electron chi connectivity index (χ2n) is 6.11. The number of hydrogen-bond donors (Lipinski definition) is 2. The van der Waals surface area contributed by atoms with Crippen molar-refractivity contribution < 1.29 is 18.0 Å². The van der Waals surface area contributed by atoms with Gasteiger partial charge in [-0.3, -0.25) is 4.79 Å². The van der Waals surface area contributed by atoms with E-state index in [2.05, 4.69) is 10.6 Å². The van der Waals surface area contributed by atoms with Crippen LogP contribution in [0.3, 0.4) is 0 Å². The number of halogens is 4. The zero-order valence-electron chi connectivity index (χ0n) is 12.5. The first-order valence-corrected chi connectivity index (χ1v) is 7.63. The fourth-order valence-electron chi connectivity index (χ4n) is 3.08. The van der Waals surface area contributed by atoms with Gasteiger partial charge in [0.15, 0.2) is 0 Å². The molecule has 2 aliphatic rings. The molecule has 2 N–H and O–H groups in total. The molecule has 1 saturated heterocycles. The molecule has 7 heteroatoms. The molecule has 1 aliphatic heterocycles. The van der Waals surface area contributed by atoms with Crippen molar-refractivity contribution in [3.8, 4) is 0 Å². The van der Waals surface area contributed by atoms with Crippen molar-refractivity contribution in [1.82, 2.24) is 10.6 Å². The highest BCUT2D eigenvalue weighted by molar-refractivity contribution is 5.85. The zero-order valence-corrected chi connectivity index (χ0v) is 13.3. The van der Waals surface area contributed by atoms with Gasteiger partial charge in [-0.2, -0.15) is 13.2 Å².